The molecule has 0 fully saturated rings. The number of rotatable bonds is 4. The first-order chi connectivity index (χ1) is 8.72. The fourth-order valence-electron chi connectivity index (χ4n) is 2.32. The number of aromatic nitrogens is 1. The number of para-hydroxylation sites is 1. The molecule has 0 aliphatic rings. The molecule has 18 heavy (non-hydrogen) atoms. The third kappa shape index (κ3) is 1.90. The van der Waals surface area contributed by atoms with Gasteiger partial charge in [0.1, 0.15) is 6.29 Å². The van der Waals surface area contributed by atoms with Crippen LogP contribution in [0.3, 0.4) is 0 Å². The number of benzene rings is 1. The number of fused-ring (bicyclic) bond motifs is 1. The maximum Gasteiger partial charge on any atom is 0.145 e. The Balaban J connectivity index is 2.85. The first-order valence-electron chi connectivity index (χ1n) is 6.10. The molecule has 0 amide bonds. The highest BCUT2D eigenvalue weighted by atomic mass is 16.1. The number of aryl methyl sites for hydroxylation is 1. The van der Waals surface area contributed by atoms with Crippen LogP contribution in [0.15, 0.2) is 36.4 Å². The van der Waals surface area contributed by atoms with Crippen molar-refractivity contribution in [2.45, 2.75) is 20.4 Å². The summed E-state index contributed by atoms with van der Waals surface area (Å²) in [6.07, 6.45) is 4.66. The third-order valence-electron chi connectivity index (χ3n) is 3.12. The second kappa shape index (κ2) is 5.05. The van der Waals surface area contributed by atoms with Crippen LogP contribution in [-0.4, -0.2) is 10.9 Å². The lowest BCUT2D eigenvalue weighted by molar-refractivity contribution is -0.104. The Hall–Kier alpha value is -2.09. The van der Waals surface area contributed by atoms with Crippen molar-refractivity contribution < 1.29 is 4.79 Å². The molecule has 0 saturated heterocycles. The number of carbonyl (C=O) groups excluding carboxylic acids is 1. The Labute approximate surface area is 107 Å². The standard InChI is InChI=1S/C16H17NO/c1-4-15-14(10-12(3)11-18)13-8-6-7-9-16(13)17(15)5-2/h4,6-11H,1,5H2,2-3H3/b12-10+. The van der Waals surface area contributed by atoms with E-state index < -0.39 is 0 Å². The van der Waals surface area contributed by atoms with Crippen molar-refractivity contribution in [3.05, 3.63) is 47.7 Å². The van der Waals surface area contributed by atoms with Crippen LogP contribution in [0.25, 0.3) is 23.1 Å². The fraction of sp³-hybridized carbons (Fsp3) is 0.188. The lowest BCUT2D eigenvalue weighted by Gasteiger charge is -2.04. The van der Waals surface area contributed by atoms with Gasteiger partial charge < -0.3 is 4.57 Å². The highest BCUT2D eigenvalue weighted by Crippen LogP contribution is 2.28. The van der Waals surface area contributed by atoms with Crippen molar-refractivity contribution in [2.24, 2.45) is 0 Å². The summed E-state index contributed by atoms with van der Waals surface area (Å²) in [5, 5.41) is 1.16. The minimum atomic E-state index is 0.720. The summed E-state index contributed by atoms with van der Waals surface area (Å²) < 4.78 is 2.21. The van der Waals surface area contributed by atoms with Crippen molar-refractivity contribution >= 4 is 29.3 Å². The van der Waals surface area contributed by atoms with Crippen LogP contribution in [0.2, 0.25) is 0 Å². The van der Waals surface area contributed by atoms with Gasteiger partial charge in [-0.1, -0.05) is 24.8 Å². The monoisotopic (exact) mass is 239 g/mol. The molecule has 0 radical (unpaired) electrons. The maximum atomic E-state index is 10.8. The number of hydrogen-bond acceptors (Lipinski definition) is 1. The zero-order valence-electron chi connectivity index (χ0n) is 10.8. The molecule has 2 heteroatoms. The Bertz CT molecular complexity index is 632. The van der Waals surface area contributed by atoms with Crippen LogP contribution in [0.1, 0.15) is 25.1 Å². The molecule has 2 nitrogen and oxygen atoms in total. The molecule has 0 atom stereocenters. The van der Waals surface area contributed by atoms with Gasteiger partial charge in [-0.15, -0.1) is 0 Å². The van der Waals surface area contributed by atoms with Gasteiger partial charge in [-0.05, 0) is 37.6 Å². The van der Waals surface area contributed by atoms with Gasteiger partial charge in [-0.25, -0.2) is 0 Å². The summed E-state index contributed by atoms with van der Waals surface area (Å²) >= 11 is 0. The van der Waals surface area contributed by atoms with Gasteiger partial charge in [0.25, 0.3) is 0 Å². The van der Waals surface area contributed by atoms with E-state index in [2.05, 4.69) is 30.2 Å². The number of allylic oxidation sites excluding steroid dienone is 1. The molecule has 0 spiro atoms. The van der Waals surface area contributed by atoms with Crippen LogP contribution in [0.4, 0.5) is 0 Å². The quantitative estimate of drug-likeness (QED) is 0.585. The van der Waals surface area contributed by atoms with Gasteiger partial charge in [0.2, 0.25) is 0 Å². The molecular formula is C16H17NO. The summed E-state index contributed by atoms with van der Waals surface area (Å²) in [5.41, 5.74) is 4.05. The van der Waals surface area contributed by atoms with E-state index in [1.54, 1.807) is 0 Å². The van der Waals surface area contributed by atoms with E-state index in [9.17, 15) is 4.79 Å². The molecule has 1 aromatic carbocycles. The Morgan fingerprint density at radius 3 is 2.72 bits per heavy atom. The second-order valence-electron chi connectivity index (χ2n) is 4.27. The summed E-state index contributed by atoms with van der Waals surface area (Å²) in [7, 11) is 0. The maximum absolute atomic E-state index is 10.8. The van der Waals surface area contributed by atoms with Gasteiger partial charge in [0.05, 0.1) is 0 Å². The zero-order valence-corrected chi connectivity index (χ0v) is 10.8. The highest BCUT2D eigenvalue weighted by molar-refractivity contribution is 5.96. The molecule has 0 aliphatic carbocycles. The molecule has 2 aromatic rings. The molecule has 0 N–H and O–H groups in total. The van der Waals surface area contributed by atoms with E-state index in [1.165, 1.54) is 5.52 Å². The van der Waals surface area contributed by atoms with Crippen molar-refractivity contribution in [2.75, 3.05) is 0 Å². The number of carbonyl (C=O) groups is 1. The van der Waals surface area contributed by atoms with E-state index in [1.807, 2.05) is 31.2 Å². The largest absolute Gasteiger partial charge is 0.341 e. The second-order valence-corrected chi connectivity index (χ2v) is 4.27. The molecule has 2 rings (SSSR count). The highest BCUT2D eigenvalue weighted by Gasteiger charge is 2.11. The molecule has 1 aromatic heterocycles. The molecular weight excluding hydrogens is 222 g/mol. The molecule has 1 heterocycles. The average Bonchev–Trinajstić information content (AvgIpc) is 2.72. The third-order valence-corrected chi connectivity index (χ3v) is 3.12. The zero-order chi connectivity index (χ0) is 13.1. The van der Waals surface area contributed by atoms with E-state index in [-0.39, 0.29) is 0 Å². The van der Waals surface area contributed by atoms with E-state index in [0.29, 0.717) is 0 Å². The van der Waals surface area contributed by atoms with Crippen molar-refractivity contribution in [3.8, 4) is 0 Å². The summed E-state index contributed by atoms with van der Waals surface area (Å²) in [6.45, 7) is 8.70. The van der Waals surface area contributed by atoms with E-state index >= 15 is 0 Å². The van der Waals surface area contributed by atoms with Crippen LogP contribution in [0.5, 0.6) is 0 Å². The SMILES string of the molecule is C=Cc1c(/C=C(\C)C=O)c2ccccc2n1CC. The summed E-state index contributed by atoms with van der Waals surface area (Å²) in [4.78, 5) is 10.8. The fourth-order valence-corrected chi connectivity index (χ4v) is 2.32. The molecule has 0 aliphatic heterocycles. The van der Waals surface area contributed by atoms with Gasteiger partial charge >= 0.3 is 0 Å². The van der Waals surface area contributed by atoms with Gasteiger partial charge in [0.15, 0.2) is 0 Å². The predicted molar refractivity (Wildman–Crippen MR) is 77.4 cm³/mol. The van der Waals surface area contributed by atoms with Crippen molar-refractivity contribution in [3.63, 3.8) is 0 Å². The van der Waals surface area contributed by atoms with Crippen LogP contribution < -0.4 is 0 Å². The molecule has 0 unspecified atom stereocenters. The Kier molecular flexibility index (Phi) is 3.47. The van der Waals surface area contributed by atoms with Gasteiger partial charge in [-0.3, -0.25) is 4.79 Å². The molecule has 0 bridgehead atoms. The minimum absolute atomic E-state index is 0.720. The smallest absolute Gasteiger partial charge is 0.145 e. The number of aldehydes is 1. The summed E-state index contributed by atoms with van der Waals surface area (Å²) in [5.74, 6) is 0. The van der Waals surface area contributed by atoms with Crippen LogP contribution in [-0.2, 0) is 11.3 Å². The minimum Gasteiger partial charge on any atom is -0.341 e. The molecule has 92 valence electrons. The molecule has 0 saturated carbocycles. The predicted octanol–water partition coefficient (Wildman–Crippen LogP) is 3.91. The first-order valence-corrected chi connectivity index (χ1v) is 6.10. The lowest BCUT2D eigenvalue weighted by Crippen LogP contribution is -1.96. The van der Waals surface area contributed by atoms with Crippen LogP contribution >= 0.6 is 0 Å². The van der Waals surface area contributed by atoms with E-state index in [0.717, 1.165) is 35.0 Å². The average molecular weight is 239 g/mol. The number of hydrogen-bond donors (Lipinski definition) is 0. The Morgan fingerprint density at radius 1 is 1.39 bits per heavy atom. The topological polar surface area (TPSA) is 22.0 Å². The van der Waals surface area contributed by atoms with Gasteiger partial charge in [-0.2, -0.15) is 0 Å². The summed E-state index contributed by atoms with van der Waals surface area (Å²) in [6, 6.07) is 8.22. The number of nitrogens with zero attached hydrogens (tertiary/aromatic N) is 1. The van der Waals surface area contributed by atoms with Crippen LogP contribution in [0, 0.1) is 0 Å². The lowest BCUT2D eigenvalue weighted by atomic mass is 10.1. The first kappa shape index (κ1) is 12.4. The van der Waals surface area contributed by atoms with Gasteiger partial charge in [0, 0.05) is 28.7 Å². The normalized spacial score (nSPS) is 11.8. The van der Waals surface area contributed by atoms with Crippen molar-refractivity contribution in [1.29, 1.82) is 0 Å². The Morgan fingerprint density at radius 2 is 2.11 bits per heavy atom. The van der Waals surface area contributed by atoms with E-state index in [4.69, 9.17) is 0 Å². The van der Waals surface area contributed by atoms with Crippen molar-refractivity contribution in [1.82, 2.24) is 4.57 Å².